The fourth-order valence-corrected chi connectivity index (χ4v) is 4.10. The van der Waals surface area contributed by atoms with E-state index < -0.39 is 0 Å². The van der Waals surface area contributed by atoms with Gasteiger partial charge in [-0.3, -0.25) is 0 Å². The zero-order chi connectivity index (χ0) is 15.2. The van der Waals surface area contributed by atoms with E-state index in [0.717, 1.165) is 31.1 Å². The molecule has 1 aromatic rings. The van der Waals surface area contributed by atoms with Crippen molar-refractivity contribution < 1.29 is 4.74 Å². The standard InChI is InChI=1S/C18H29NOS/c1-5-6-19-17(18-12-21-8-7-20-18)11-16-14(3)9-13(2)10-15(16)4/h9-10,17-19H,5-8,11-12H2,1-4H3. The zero-order valence-corrected chi connectivity index (χ0v) is 14.7. The maximum absolute atomic E-state index is 6.03. The number of rotatable bonds is 6. The van der Waals surface area contributed by atoms with E-state index in [-0.39, 0.29) is 0 Å². The average Bonchev–Trinajstić information content (AvgIpc) is 2.46. The summed E-state index contributed by atoms with van der Waals surface area (Å²) in [5.74, 6) is 2.25. The first kappa shape index (κ1) is 16.9. The largest absolute Gasteiger partial charge is 0.375 e. The quantitative estimate of drug-likeness (QED) is 0.867. The van der Waals surface area contributed by atoms with Gasteiger partial charge in [0.2, 0.25) is 0 Å². The molecule has 2 unspecified atom stereocenters. The normalized spacial score (nSPS) is 20.5. The Balaban J connectivity index is 2.13. The van der Waals surface area contributed by atoms with Crippen molar-refractivity contribution in [3.05, 3.63) is 34.4 Å². The van der Waals surface area contributed by atoms with Gasteiger partial charge in [-0.2, -0.15) is 11.8 Å². The van der Waals surface area contributed by atoms with E-state index in [1.54, 1.807) is 0 Å². The molecule has 1 saturated heterocycles. The molecule has 118 valence electrons. The third kappa shape index (κ3) is 4.73. The Bertz CT molecular complexity index is 432. The average molecular weight is 308 g/mol. The second-order valence-corrected chi connectivity index (χ2v) is 7.28. The first-order valence-electron chi connectivity index (χ1n) is 8.11. The molecule has 0 amide bonds. The van der Waals surface area contributed by atoms with Gasteiger partial charge in [0, 0.05) is 17.5 Å². The molecule has 0 radical (unpaired) electrons. The van der Waals surface area contributed by atoms with Gasteiger partial charge >= 0.3 is 0 Å². The van der Waals surface area contributed by atoms with Crippen LogP contribution in [0.15, 0.2) is 12.1 Å². The van der Waals surface area contributed by atoms with Crippen molar-refractivity contribution in [2.75, 3.05) is 24.7 Å². The molecule has 2 nitrogen and oxygen atoms in total. The van der Waals surface area contributed by atoms with Crippen LogP contribution in [0, 0.1) is 20.8 Å². The Kier molecular flexibility index (Phi) is 6.59. The maximum atomic E-state index is 6.03. The number of aryl methyl sites for hydroxylation is 3. The summed E-state index contributed by atoms with van der Waals surface area (Å²) >= 11 is 2.02. The van der Waals surface area contributed by atoms with E-state index in [1.807, 2.05) is 11.8 Å². The van der Waals surface area contributed by atoms with Crippen LogP contribution in [0.4, 0.5) is 0 Å². The lowest BCUT2D eigenvalue weighted by atomic mass is 9.92. The zero-order valence-electron chi connectivity index (χ0n) is 13.9. The lowest BCUT2D eigenvalue weighted by Gasteiger charge is -2.32. The van der Waals surface area contributed by atoms with Crippen LogP contribution in [0.25, 0.3) is 0 Å². The van der Waals surface area contributed by atoms with Crippen molar-refractivity contribution in [2.45, 2.75) is 52.7 Å². The van der Waals surface area contributed by atoms with Crippen LogP contribution >= 0.6 is 11.8 Å². The summed E-state index contributed by atoms with van der Waals surface area (Å²) in [4.78, 5) is 0. The van der Waals surface area contributed by atoms with Gasteiger partial charge in [0.05, 0.1) is 12.7 Å². The molecule has 1 aliphatic heterocycles. The molecular formula is C18H29NOS. The number of hydrogen-bond donors (Lipinski definition) is 1. The van der Waals surface area contributed by atoms with Gasteiger partial charge in [-0.1, -0.05) is 24.6 Å². The molecule has 0 saturated carbocycles. The Morgan fingerprint density at radius 2 is 2.00 bits per heavy atom. The minimum absolute atomic E-state index is 0.343. The van der Waals surface area contributed by atoms with Crippen LogP contribution in [0.5, 0.6) is 0 Å². The van der Waals surface area contributed by atoms with E-state index in [2.05, 4.69) is 45.1 Å². The van der Waals surface area contributed by atoms with Crippen LogP contribution in [0.3, 0.4) is 0 Å². The third-order valence-corrected chi connectivity index (χ3v) is 5.23. The molecule has 3 heteroatoms. The van der Waals surface area contributed by atoms with Crippen LogP contribution in [0.2, 0.25) is 0 Å². The Hall–Kier alpha value is -0.510. The molecule has 1 aromatic carbocycles. The minimum Gasteiger partial charge on any atom is -0.375 e. The van der Waals surface area contributed by atoms with E-state index in [9.17, 15) is 0 Å². The highest BCUT2D eigenvalue weighted by atomic mass is 32.2. The minimum atomic E-state index is 0.343. The molecule has 0 aliphatic carbocycles. The molecule has 0 aromatic heterocycles. The molecule has 1 heterocycles. The number of benzene rings is 1. The molecule has 1 aliphatic rings. The Morgan fingerprint density at radius 1 is 1.29 bits per heavy atom. The predicted octanol–water partition coefficient (Wildman–Crippen LogP) is 3.65. The fraction of sp³-hybridized carbons (Fsp3) is 0.667. The van der Waals surface area contributed by atoms with Gasteiger partial charge in [-0.15, -0.1) is 0 Å². The van der Waals surface area contributed by atoms with Crippen molar-refractivity contribution in [2.24, 2.45) is 0 Å². The summed E-state index contributed by atoms with van der Waals surface area (Å²) in [5, 5.41) is 3.72. The SMILES string of the molecule is CCCNC(Cc1c(C)cc(C)cc1C)C1CSCCO1. The van der Waals surface area contributed by atoms with E-state index in [1.165, 1.54) is 28.7 Å². The lowest BCUT2D eigenvalue weighted by molar-refractivity contribution is 0.0471. The molecule has 2 atom stereocenters. The molecule has 1 fully saturated rings. The molecule has 2 rings (SSSR count). The molecule has 0 spiro atoms. The number of ether oxygens (including phenoxy) is 1. The summed E-state index contributed by atoms with van der Waals surface area (Å²) in [6.45, 7) is 10.8. The molecule has 0 bridgehead atoms. The van der Waals surface area contributed by atoms with Gasteiger partial charge in [0.1, 0.15) is 0 Å². The third-order valence-electron chi connectivity index (χ3n) is 4.21. The first-order chi connectivity index (χ1) is 10.1. The van der Waals surface area contributed by atoms with Gasteiger partial charge in [0.25, 0.3) is 0 Å². The fourth-order valence-electron chi connectivity index (χ4n) is 3.15. The molecule has 21 heavy (non-hydrogen) atoms. The van der Waals surface area contributed by atoms with Gasteiger partial charge in [-0.25, -0.2) is 0 Å². The monoisotopic (exact) mass is 307 g/mol. The summed E-state index contributed by atoms with van der Waals surface area (Å²) in [7, 11) is 0. The number of hydrogen-bond acceptors (Lipinski definition) is 3. The van der Waals surface area contributed by atoms with Crippen molar-refractivity contribution in [1.82, 2.24) is 5.32 Å². The van der Waals surface area contributed by atoms with Crippen molar-refractivity contribution >= 4 is 11.8 Å². The molecule has 1 N–H and O–H groups in total. The summed E-state index contributed by atoms with van der Waals surface area (Å²) in [5.41, 5.74) is 5.68. The lowest BCUT2D eigenvalue weighted by Crippen LogP contribution is -2.46. The van der Waals surface area contributed by atoms with Crippen molar-refractivity contribution in [3.8, 4) is 0 Å². The van der Waals surface area contributed by atoms with Crippen LogP contribution in [-0.2, 0) is 11.2 Å². The predicted molar refractivity (Wildman–Crippen MR) is 93.5 cm³/mol. The smallest absolute Gasteiger partial charge is 0.0821 e. The highest BCUT2D eigenvalue weighted by Gasteiger charge is 2.25. The second kappa shape index (κ2) is 8.21. The molecular weight excluding hydrogens is 278 g/mol. The van der Waals surface area contributed by atoms with E-state index in [0.29, 0.717) is 12.1 Å². The van der Waals surface area contributed by atoms with Crippen molar-refractivity contribution in [3.63, 3.8) is 0 Å². The highest BCUT2D eigenvalue weighted by Crippen LogP contribution is 2.22. The summed E-state index contributed by atoms with van der Waals surface area (Å²) < 4.78 is 6.03. The van der Waals surface area contributed by atoms with E-state index in [4.69, 9.17) is 4.74 Å². The van der Waals surface area contributed by atoms with Crippen LogP contribution < -0.4 is 5.32 Å². The van der Waals surface area contributed by atoms with Gasteiger partial charge in [0.15, 0.2) is 0 Å². The topological polar surface area (TPSA) is 21.3 Å². The Morgan fingerprint density at radius 3 is 2.57 bits per heavy atom. The second-order valence-electron chi connectivity index (χ2n) is 6.13. The van der Waals surface area contributed by atoms with Crippen LogP contribution in [-0.4, -0.2) is 36.8 Å². The highest BCUT2D eigenvalue weighted by molar-refractivity contribution is 7.99. The van der Waals surface area contributed by atoms with Gasteiger partial charge in [-0.05, 0) is 56.8 Å². The summed E-state index contributed by atoms with van der Waals surface area (Å²) in [6.07, 6.45) is 2.58. The van der Waals surface area contributed by atoms with Gasteiger partial charge < -0.3 is 10.1 Å². The number of thioether (sulfide) groups is 1. The van der Waals surface area contributed by atoms with Crippen LogP contribution in [0.1, 0.15) is 35.6 Å². The number of nitrogens with one attached hydrogen (secondary N) is 1. The first-order valence-corrected chi connectivity index (χ1v) is 9.26. The van der Waals surface area contributed by atoms with Crippen molar-refractivity contribution in [1.29, 1.82) is 0 Å². The summed E-state index contributed by atoms with van der Waals surface area (Å²) in [6, 6.07) is 5.03. The Labute approximate surface area is 134 Å². The van der Waals surface area contributed by atoms with E-state index >= 15 is 0 Å². The maximum Gasteiger partial charge on any atom is 0.0821 e.